The van der Waals surface area contributed by atoms with E-state index in [1.807, 2.05) is 0 Å². The van der Waals surface area contributed by atoms with Crippen LogP contribution in [0.25, 0.3) is 0 Å². The molecule has 0 aliphatic carbocycles. The maximum atomic E-state index is 13.9. The van der Waals surface area contributed by atoms with Gasteiger partial charge in [-0.3, -0.25) is 0 Å². The van der Waals surface area contributed by atoms with Crippen molar-refractivity contribution in [2.24, 2.45) is 0 Å². The van der Waals surface area contributed by atoms with Gasteiger partial charge in [-0.1, -0.05) is 0 Å². The molecule has 2 N–H and O–H groups in total. The molecule has 5 nitrogen and oxygen atoms in total. The number of morpholine rings is 1. The number of halogens is 1. The molecular weight excluding hydrogens is 271 g/mol. The minimum atomic E-state index is -3.88. The Morgan fingerprint density at radius 1 is 1.47 bits per heavy atom. The largest absolute Gasteiger partial charge is 0.398 e. The monoisotopic (exact) mass is 288 g/mol. The van der Waals surface area contributed by atoms with Crippen LogP contribution in [0.1, 0.15) is 12.5 Å². The summed E-state index contributed by atoms with van der Waals surface area (Å²) in [6, 6.07) is 2.01. The molecule has 7 heteroatoms. The van der Waals surface area contributed by atoms with E-state index >= 15 is 0 Å². The fourth-order valence-electron chi connectivity index (χ4n) is 2.06. The summed E-state index contributed by atoms with van der Waals surface area (Å²) >= 11 is 0. The number of hydrogen-bond donors (Lipinski definition) is 1. The standard InChI is InChI=1S/C12H17FN2O3S/c1-8-5-10(13)12(6-11(8)14)19(16,17)15-3-4-18-7-9(15)2/h5-6,9H,3-4,7,14H2,1-2H3. The molecule has 0 saturated carbocycles. The molecule has 1 fully saturated rings. The van der Waals surface area contributed by atoms with Gasteiger partial charge in [-0.25, -0.2) is 12.8 Å². The fraction of sp³-hybridized carbons (Fsp3) is 0.500. The highest BCUT2D eigenvalue weighted by Crippen LogP contribution is 2.26. The first kappa shape index (κ1) is 14.2. The van der Waals surface area contributed by atoms with Gasteiger partial charge in [0.05, 0.1) is 13.2 Å². The Balaban J connectivity index is 2.47. The summed E-state index contributed by atoms with van der Waals surface area (Å²) in [7, 11) is -3.88. The van der Waals surface area contributed by atoms with Gasteiger partial charge in [0.25, 0.3) is 0 Å². The predicted octanol–water partition coefficient (Wildman–Crippen LogP) is 1.13. The average Bonchev–Trinajstić information content (AvgIpc) is 2.34. The molecule has 1 atom stereocenters. The van der Waals surface area contributed by atoms with Crippen LogP contribution >= 0.6 is 0 Å². The van der Waals surface area contributed by atoms with Crippen molar-refractivity contribution >= 4 is 15.7 Å². The smallest absolute Gasteiger partial charge is 0.246 e. The number of nitrogens with zero attached hydrogens (tertiary/aromatic N) is 1. The Kier molecular flexibility index (Phi) is 3.80. The molecule has 1 aromatic carbocycles. The van der Waals surface area contributed by atoms with Gasteiger partial charge in [0.1, 0.15) is 10.7 Å². The molecule has 1 heterocycles. The molecule has 1 aliphatic rings. The number of nitrogens with two attached hydrogens (primary N) is 1. The zero-order valence-electron chi connectivity index (χ0n) is 10.9. The Morgan fingerprint density at radius 3 is 2.79 bits per heavy atom. The van der Waals surface area contributed by atoms with Crippen LogP contribution in [0, 0.1) is 12.7 Å². The number of sulfonamides is 1. The van der Waals surface area contributed by atoms with Crippen molar-refractivity contribution in [1.29, 1.82) is 0 Å². The van der Waals surface area contributed by atoms with Gasteiger partial charge in [-0.05, 0) is 31.5 Å². The second kappa shape index (κ2) is 5.07. The summed E-state index contributed by atoms with van der Waals surface area (Å²) in [5, 5.41) is 0. The fourth-order valence-corrected chi connectivity index (χ4v) is 3.75. The SMILES string of the molecule is Cc1cc(F)c(S(=O)(=O)N2CCOCC2C)cc1N. The highest BCUT2D eigenvalue weighted by molar-refractivity contribution is 7.89. The number of benzene rings is 1. The Bertz CT molecular complexity index is 589. The molecule has 1 aromatic rings. The van der Waals surface area contributed by atoms with E-state index in [0.717, 1.165) is 6.07 Å². The van der Waals surface area contributed by atoms with E-state index < -0.39 is 15.8 Å². The summed E-state index contributed by atoms with van der Waals surface area (Å²) in [5.74, 6) is -0.773. The Morgan fingerprint density at radius 2 is 2.16 bits per heavy atom. The normalized spacial score (nSPS) is 21.5. The van der Waals surface area contributed by atoms with Crippen LogP contribution in [0.15, 0.2) is 17.0 Å². The molecule has 0 amide bonds. The first-order valence-electron chi connectivity index (χ1n) is 5.99. The molecule has 0 spiro atoms. The molecule has 0 radical (unpaired) electrons. The second-order valence-electron chi connectivity index (χ2n) is 4.68. The second-order valence-corrected chi connectivity index (χ2v) is 6.54. The topological polar surface area (TPSA) is 72.6 Å². The Labute approximate surface area is 112 Å². The lowest BCUT2D eigenvalue weighted by Gasteiger charge is -2.32. The van der Waals surface area contributed by atoms with Crippen molar-refractivity contribution in [2.75, 3.05) is 25.5 Å². The molecule has 1 unspecified atom stereocenters. The molecule has 106 valence electrons. The minimum Gasteiger partial charge on any atom is -0.398 e. The first-order chi connectivity index (χ1) is 8.84. The van der Waals surface area contributed by atoms with E-state index in [-0.39, 0.29) is 23.2 Å². The third kappa shape index (κ3) is 2.58. The van der Waals surface area contributed by atoms with Gasteiger partial charge in [-0.15, -0.1) is 0 Å². The molecule has 1 saturated heterocycles. The summed E-state index contributed by atoms with van der Waals surface area (Å²) in [6.07, 6.45) is 0. The average molecular weight is 288 g/mol. The lowest BCUT2D eigenvalue weighted by atomic mass is 10.2. The number of anilines is 1. The number of hydrogen-bond acceptors (Lipinski definition) is 4. The lowest BCUT2D eigenvalue weighted by molar-refractivity contribution is 0.0392. The maximum absolute atomic E-state index is 13.9. The number of ether oxygens (including phenoxy) is 1. The number of rotatable bonds is 2. The number of nitrogen functional groups attached to an aromatic ring is 1. The summed E-state index contributed by atoms with van der Waals surface area (Å²) < 4.78 is 45.3. The van der Waals surface area contributed by atoms with Gasteiger partial charge in [0.15, 0.2) is 0 Å². The molecule has 2 rings (SSSR count). The van der Waals surface area contributed by atoms with E-state index in [1.54, 1.807) is 13.8 Å². The van der Waals surface area contributed by atoms with Crippen molar-refractivity contribution in [1.82, 2.24) is 4.31 Å². The highest BCUT2D eigenvalue weighted by atomic mass is 32.2. The van der Waals surface area contributed by atoms with Crippen LogP contribution in [-0.4, -0.2) is 38.5 Å². The summed E-state index contributed by atoms with van der Waals surface area (Å²) in [4.78, 5) is -0.371. The van der Waals surface area contributed by atoms with Gasteiger partial charge in [-0.2, -0.15) is 4.31 Å². The van der Waals surface area contributed by atoms with E-state index in [0.29, 0.717) is 18.8 Å². The summed E-state index contributed by atoms with van der Waals surface area (Å²) in [6.45, 7) is 4.20. The first-order valence-corrected chi connectivity index (χ1v) is 7.43. The van der Waals surface area contributed by atoms with Crippen molar-refractivity contribution < 1.29 is 17.5 Å². The Hall–Kier alpha value is -1.18. The zero-order valence-corrected chi connectivity index (χ0v) is 11.7. The predicted molar refractivity (Wildman–Crippen MR) is 69.7 cm³/mol. The van der Waals surface area contributed by atoms with E-state index in [1.165, 1.54) is 10.4 Å². The minimum absolute atomic E-state index is 0.219. The van der Waals surface area contributed by atoms with Crippen molar-refractivity contribution in [3.63, 3.8) is 0 Å². The molecule has 0 bridgehead atoms. The van der Waals surface area contributed by atoms with Crippen LogP contribution in [0.2, 0.25) is 0 Å². The van der Waals surface area contributed by atoms with Gasteiger partial charge in [0, 0.05) is 18.3 Å². The molecule has 0 aromatic heterocycles. The third-order valence-electron chi connectivity index (χ3n) is 3.21. The quantitative estimate of drug-likeness (QED) is 0.828. The maximum Gasteiger partial charge on any atom is 0.246 e. The third-order valence-corrected chi connectivity index (χ3v) is 5.24. The highest BCUT2D eigenvalue weighted by Gasteiger charge is 2.33. The van der Waals surface area contributed by atoms with Crippen molar-refractivity contribution in [2.45, 2.75) is 24.8 Å². The van der Waals surface area contributed by atoms with E-state index in [9.17, 15) is 12.8 Å². The van der Waals surface area contributed by atoms with Crippen LogP contribution in [-0.2, 0) is 14.8 Å². The van der Waals surface area contributed by atoms with Crippen LogP contribution in [0.4, 0.5) is 10.1 Å². The van der Waals surface area contributed by atoms with Gasteiger partial charge < -0.3 is 10.5 Å². The molecule has 19 heavy (non-hydrogen) atoms. The molecule has 1 aliphatic heterocycles. The summed E-state index contributed by atoms with van der Waals surface area (Å²) in [5.41, 5.74) is 6.46. The lowest BCUT2D eigenvalue weighted by Crippen LogP contribution is -2.47. The van der Waals surface area contributed by atoms with Gasteiger partial charge in [0.2, 0.25) is 10.0 Å². The zero-order chi connectivity index (χ0) is 14.2. The van der Waals surface area contributed by atoms with Gasteiger partial charge >= 0.3 is 0 Å². The van der Waals surface area contributed by atoms with E-state index in [2.05, 4.69) is 0 Å². The van der Waals surface area contributed by atoms with E-state index in [4.69, 9.17) is 10.5 Å². The molecular formula is C12H17FN2O3S. The number of aryl methyl sites for hydroxylation is 1. The van der Waals surface area contributed by atoms with Crippen molar-refractivity contribution in [3.05, 3.63) is 23.5 Å². The van der Waals surface area contributed by atoms with Crippen LogP contribution in [0.3, 0.4) is 0 Å². The van der Waals surface area contributed by atoms with Crippen LogP contribution in [0.5, 0.6) is 0 Å². The van der Waals surface area contributed by atoms with Crippen LogP contribution < -0.4 is 5.73 Å². The van der Waals surface area contributed by atoms with Crippen molar-refractivity contribution in [3.8, 4) is 0 Å².